The molecule has 1 aromatic rings. The monoisotopic (exact) mass is 263 g/mol. The number of hydrogen-bond acceptors (Lipinski definition) is 4. The lowest BCUT2D eigenvalue weighted by Gasteiger charge is -2.39. The van der Waals surface area contributed by atoms with Crippen LogP contribution in [0.3, 0.4) is 0 Å². The van der Waals surface area contributed by atoms with Crippen molar-refractivity contribution in [1.29, 1.82) is 5.26 Å². The van der Waals surface area contributed by atoms with Crippen molar-refractivity contribution in [2.75, 3.05) is 6.54 Å². The van der Waals surface area contributed by atoms with E-state index in [1.807, 2.05) is 12.3 Å². The molecule has 0 atom stereocenters. The number of carbonyl (C=O) groups excluding carboxylic acids is 1. The van der Waals surface area contributed by atoms with Crippen molar-refractivity contribution in [2.24, 2.45) is 11.3 Å². The van der Waals surface area contributed by atoms with Gasteiger partial charge < -0.3 is 5.32 Å². The topological polar surface area (TPSA) is 65.8 Å². The first kappa shape index (κ1) is 13.0. The summed E-state index contributed by atoms with van der Waals surface area (Å²) in [6.45, 7) is 4.59. The molecule has 0 radical (unpaired) electrons. The van der Waals surface area contributed by atoms with Gasteiger partial charge in [0.1, 0.15) is 5.41 Å². The lowest BCUT2D eigenvalue weighted by molar-refractivity contribution is -0.133. The first-order chi connectivity index (χ1) is 8.55. The molecule has 18 heavy (non-hydrogen) atoms. The predicted molar refractivity (Wildman–Crippen MR) is 70.0 cm³/mol. The van der Waals surface area contributed by atoms with Crippen molar-refractivity contribution in [3.63, 3.8) is 0 Å². The molecular formula is C13H17N3OS. The highest BCUT2D eigenvalue weighted by molar-refractivity contribution is 7.09. The average molecular weight is 263 g/mol. The summed E-state index contributed by atoms with van der Waals surface area (Å²) in [5.41, 5.74) is 0.239. The van der Waals surface area contributed by atoms with Crippen LogP contribution in [0.2, 0.25) is 0 Å². The van der Waals surface area contributed by atoms with E-state index in [2.05, 4.69) is 23.3 Å². The number of nitriles is 1. The van der Waals surface area contributed by atoms with Gasteiger partial charge in [-0.25, -0.2) is 4.98 Å². The number of carbonyl (C=O) groups is 1. The molecule has 0 bridgehead atoms. The Bertz CT molecular complexity index is 483. The van der Waals surface area contributed by atoms with E-state index < -0.39 is 5.41 Å². The Balaban J connectivity index is 1.80. The van der Waals surface area contributed by atoms with Crippen LogP contribution in [0.1, 0.15) is 30.5 Å². The fourth-order valence-electron chi connectivity index (χ4n) is 2.45. The van der Waals surface area contributed by atoms with Crippen LogP contribution < -0.4 is 5.32 Å². The number of nitrogens with one attached hydrogen (secondary N) is 1. The van der Waals surface area contributed by atoms with Crippen molar-refractivity contribution < 1.29 is 4.79 Å². The van der Waals surface area contributed by atoms with Gasteiger partial charge in [0, 0.05) is 18.3 Å². The second-order valence-corrected chi connectivity index (χ2v) is 6.13. The highest BCUT2D eigenvalue weighted by Crippen LogP contribution is 2.44. The third-order valence-electron chi connectivity index (χ3n) is 3.38. The molecule has 0 saturated heterocycles. The maximum atomic E-state index is 12.0. The van der Waals surface area contributed by atoms with Crippen molar-refractivity contribution in [1.82, 2.24) is 10.3 Å². The number of aromatic nitrogens is 1. The van der Waals surface area contributed by atoms with E-state index in [-0.39, 0.29) is 5.91 Å². The van der Waals surface area contributed by atoms with Crippen LogP contribution in [0, 0.1) is 29.6 Å². The zero-order valence-corrected chi connectivity index (χ0v) is 11.5. The average Bonchev–Trinajstić information content (AvgIpc) is 2.70. The third kappa shape index (κ3) is 2.54. The van der Waals surface area contributed by atoms with Crippen LogP contribution in [0.15, 0.2) is 5.38 Å². The van der Waals surface area contributed by atoms with E-state index in [1.54, 1.807) is 11.3 Å². The van der Waals surface area contributed by atoms with Gasteiger partial charge in [0.2, 0.25) is 5.91 Å². The Morgan fingerprint density at radius 3 is 2.94 bits per heavy atom. The lowest BCUT2D eigenvalue weighted by atomic mass is 9.63. The quantitative estimate of drug-likeness (QED) is 0.904. The van der Waals surface area contributed by atoms with Gasteiger partial charge >= 0.3 is 0 Å². The summed E-state index contributed by atoms with van der Waals surface area (Å²) in [6, 6.07) is 2.17. The van der Waals surface area contributed by atoms with Crippen molar-refractivity contribution in [3.8, 4) is 6.07 Å². The first-order valence-electron chi connectivity index (χ1n) is 6.16. The minimum atomic E-state index is -0.766. The lowest BCUT2D eigenvalue weighted by Crippen LogP contribution is -2.48. The maximum Gasteiger partial charge on any atom is 0.240 e. The van der Waals surface area contributed by atoms with Crippen LogP contribution >= 0.6 is 11.3 Å². The number of amides is 1. The molecule has 1 saturated carbocycles. The summed E-state index contributed by atoms with van der Waals surface area (Å²) >= 11 is 1.61. The number of aryl methyl sites for hydroxylation is 1. The number of thiazole rings is 1. The smallest absolute Gasteiger partial charge is 0.240 e. The number of hydrogen-bond donors (Lipinski definition) is 1. The Morgan fingerprint density at radius 1 is 1.72 bits per heavy atom. The van der Waals surface area contributed by atoms with E-state index in [0.717, 1.165) is 17.1 Å². The van der Waals surface area contributed by atoms with Gasteiger partial charge in [-0.3, -0.25) is 4.79 Å². The van der Waals surface area contributed by atoms with Crippen LogP contribution in [-0.2, 0) is 11.2 Å². The molecule has 0 aromatic carbocycles. The summed E-state index contributed by atoms with van der Waals surface area (Å²) in [5.74, 6) is 0.367. The van der Waals surface area contributed by atoms with Gasteiger partial charge in [-0.2, -0.15) is 5.26 Å². The molecule has 0 spiro atoms. The molecule has 96 valence electrons. The van der Waals surface area contributed by atoms with Gasteiger partial charge in [-0.1, -0.05) is 6.92 Å². The predicted octanol–water partition coefficient (Wildman–Crippen LogP) is 2.05. The Labute approximate surface area is 111 Å². The van der Waals surface area contributed by atoms with Gasteiger partial charge in [0.25, 0.3) is 0 Å². The second-order valence-electron chi connectivity index (χ2n) is 5.07. The molecule has 1 amide bonds. The molecule has 1 heterocycles. The fourth-order valence-corrected chi connectivity index (χ4v) is 3.10. The second kappa shape index (κ2) is 5.07. The van der Waals surface area contributed by atoms with Crippen LogP contribution in [-0.4, -0.2) is 17.4 Å². The number of rotatable bonds is 4. The Kier molecular flexibility index (Phi) is 3.67. The van der Waals surface area contributed by atoms with Crippen molar-refractivity contribution in [2.45, 2.75) is 33.1 Å². The van der Waals surface area contributed by atoms with Crippen LogP contribution in [0.4, 0.5) is 0 Å². The molecular weight excluding hydrogens is 246 g/mol. The highest BCUT2D eigenvalue weighted by Gasteiger charge is 2.48. The fraction of sp³-hybridized carbons (Fsp3) is 0.615. The van der Waals surface area contributed by atoms with E-state index >= 15 is 0 Å². The van der Waals surface area contributed by atoms with E-state index in [1.165, 1.54) is 0 Å². The van der Waals surface area contributed by atoms with Crippen LogP contribution in [0.5, 0.6) is 0 Å². The molecule has 4 nitrogen and oxygen atoms in total. The molecule has 5 heteroatoms. The number of nitrogens with zero attached hydrogens (tertiary/aromatic N) is 2. The minimum absolute atomic E-state index is 0.116. The van der Waals surface area contributed by atoms with Gasteiger partial charge in [0.05, 0.1) is 16.8 Å². The molecule has 1 fully saturated rings. The molecule has 0 unspecified atom stereocenters. The summed E-state index contributed by atoms with van der Waals surface area (Å²) < 4.78 is 0. The SMILES string of the molecule is Cc1nc(CCNC(=O)C2(C#N)CC(C)C2)cs1. The van der Waals surface area contributed by atoms with E-state index in [0.29, 0.717) is 25.3 Å². The van der Waals surface area contributed by atoms with Gasteiger partial charge in [-0.05, 0) is 25.7 Å². The van der Waals surface area contributed by atoms with Gasteiger partial charge in [0.15, 0.2) is 0 Å². The van der Waals surface area contributed by atoms with E-state index in [9.17, 15) is 4.79 Å². The summed E-state index contributed by atoms with van der Waals surface area (Å²) in [6.07, 6.45) is 2.10. The Morgan fingerprint density at radius 2 is 2.44 bits per heavy atom. The standard InChI is InChI=1S/C13H17N3OS/c1-9-5-13(6-9,8-14)12(17)15-4-3-11-7-18-10(2)16-11/h7,9H,3-6H2,1-2H3,(H,15,17). The molecule has 1 aliphatic rings. The molecule has 1 aromatic heterocycles. The minimum Gasteiger partial charge on any atom is -0.354 e. The van der Waals surface area contributed by atoms with Crippen LogP contribution in [0.25, 0.3) is 0 Å². The zero-order valence-electron chi connectivity index (χ0n) is 10.7. The first-order valence-corrected chi connectivity index (χ1v) is 7.04. The molecule has 0 aliphatic heterocycles. The normalized spacial score (nSPS) is 26.2. The van der Waals surface area contributed by atoms with Crippen molar-refractivity contribution in [3.05, 3.63) is 16.1 Å². The van der Waals surface area contributed by atoms with Crippen molar-refractivity contribution >= 4 is 17.2 Å². The summed E-state index contributed by atoms with van der Waals surface area (Å²) in [4.78, 5) is 16.3. The molecule has 1 N–H and O–H groups in total. The molecule has 2 rings (SSSR count). The third-order valence-corrected chi connectivity index (χ3v) is 4.20. The zero-order chi connectivity index (χ0) is 13.2. The summed E-state index contributed by atoms with van der Waals surface area (Å²) in [5, 5.41) is 15.0. The summed E-state index contributed by atoms with van der Waals surface area (Å²) in [7, 11) is 0. The highest BCUT2D eigenvalue weighted by atomic mass is 32.1. The largest absolute Gasteiger partial charge is 0.354 e. The Hall–Kier alpha value is -1.41. The van der Waals surface area contributed by atoms with E-state index in [4.69, 9.17) is 5.26 Å². The van der Waals surface area contributed by atoms with Gasteiger partial charge in [-0.15, -0.1) is 11.3 Å². The maximum absolute atomic E-state index is 12.0. The molecule has 1 aliphatic carbocycles.